The van der Waals surface area contributed by atoms with Crippen molar-refractivity contribution in [2.45, 2.75) is 57.9 Å². The first-order valence-corrected chi connectivity index (χ1v) is 7.35. The van der Waals surface area contributed by atoms with Crippen LogP contribution in [0.1, 0.15) is 45.1 Å². The lowest BCUT2D eigenvalue weighted by molar-refractivity contribution is -0.215. The van der Waals surface area contributed by atoms with Gasteiger partial charge >= 0.3 is 6.18 Å². The Kier molecular flexibility index (Phi) is 6.80. The lowest BCUT2D eigenvalue weighted by Crippen LogP contribution is -2.33. The summed E-state index contributed by atoms with van der Waals surface area (Å²) >= 11 is 0. The van der Waals surface area contributed by atoms with Gasteiger partial charge in [0.05, 0.1) is 0 Å². The van der Waals surface area contributed by atoms with Crippen molar-refractivity contribution in [3.63, 3.8) is 0 Å². The molecule has 2 unspecified atom stereocenters. The van der Waals surface area contributed by atoms with Crippen molar-refractivity contribution in [1.29, 1.82) is 0 Å². The second-order valence-electron chi connectivity index (χ2n) is 5.52. The molecule has 0 aliphatic heterocycles. The van der Waals surface area contributed by atoms with Crippen LogP contribution in [0.25, 0.3) is 0 Å². The van der Waals surface area contributed by atoms with E-state index in [4.69, 9.17) is 4.74 Å². The first-order valence-electron chi connectivity index (χ1n) is 7.35. The van der Waals surface area contributed by atoms with Gasteiger partial charge < -0.3 is 9.47 Å². The summed E-state index contributed by atoms with van der Waals surface area (Å²) in [5.41, 5.74) is 1.12. The molecule has 2 atom stereocenters. The highest BCUT2D eigenvalue weighted by atomic mass is 19.4. The number of benzene rings is 1. The minimum atomic E-state index is -4.94. The van der Waals surface area contributed by atoms with Crippen molar-refractivity contribution in [2.75, 3.05) is 6.61 Å². The van der Waals surface area contributed by atoms with E-state index in [1.54, 1.807) is 12.1 Å². The van der Waals surface area contributed by atoms with Crippen LogP contribution in [0.5, 0.6) is 5.75 Å². The summed E-state index contributed by atoms with van der Waals surface area (Å²) < 4.78 is 72.1. The van der Waals surface area contributed by atoms with E-state index in [1.165, 1.54) is 6.92 Å². The third-order valence-corrected chi connectivity index (χ3v) is 3.35. The van der Waals surface area contributed by atoms with Crippen molar-refractivity contribution in [3.8, 4) is 5.75 Å². The fraction of sp³-hybridized carbons (Fsp3) is 0.625. The monoisotopic (exact) mass is 340 g/mol. The molecule has 0 saturated carbocycles. The van der Waals surface area contributed by atoms with E-state index in [-0.39, 0.29) is 0 Å². The van der Waals surface area contributed by atoms with Gasteiger partial charge in [0.15, 0.2) is 6.29 Å². The van der Waals surface area contributed by atoms with Gasteiger partial charge in [-0.25, -0.2) is 8.78 Å². The SMILES string of the molecule is CCC(C)c1ccc(OC(C)OCC(F)(F)CC(F)(F)F)cc1. The highest BCUT2D eigenvalue weighted by molar-refractivity contribution is 5.29. The van der Waals surface area contributed by atoms with Crippen LogP contribution in [-0.2, 0) is 4.74 Å². The topological polar surface area (TPSA) is 18.5 Å². The summed E-state index contributed by atoms with van der Waals surface area (Å²) in [5.74, 6) is -3.18. The van der Waals surface area contributed by atoms with Crippen molar-refractivity contribution < 1.29 is 31.4 Å². The van der Waals surface area contributed by atoms with E-state index in [1.807, 2.05) is 12.1 Å². The first kappa shape index (κ1) is 19.7. The molecule has 0 amide bonds. The van der Waals surface area contributed by atoms with E-state index in [2.05, 4.69) is 18.6 Å². The van der Waals surface area contributed by atoms with Crippen molar-refractivity contribution in [1.82, 2.24) is 0 Å². The molecule has 0 aliphatic rings. The number of hydrogen-bond donors (Lipinski definition) is 0. The fourth-order valence-electron chi connectivity index (χ4n) is 1.92. The lowest BCUT2D eigenvalue weighted by atomic mass is 9.99. The highest BCUT2D eigenvalue weighted by Gasteiger charge is 2.44. The molecule has 1 rings (SSSR count). The molecule has 0 saturated heterocycles. The Morgan fingerprint density at radius 2 is 1.57 bits per heavy atom. The van der Waals surface area contributed by atoms with Gasteiger partial charge in [-0.2, -0.15) is 13.2 Å². The summed E-state index contributed by atoms with van der Waals surface area (Å²) in [5, 5.41) is 0. The van der Waals surface area contributed by atoms with E-state index in [9.17, 15) is 22.0 Å². The first-order chi connectivity index (χ1) is 10.5. The highest BCUT2D eigenvalue weighted by Crippen LogP contribution is 2.32. The summed E-state index contributed by atoms with van der Waals surface area (Å²) in [4.78, 5) is 0. The molecule has 0 N–H and O–H groups in total. The van der Waals surface area contributed by atoms with Crippen LogP contribution < -0.4 is 4.74 Å². The zero-order chi connectivity index (χ0) is 17.7. The molecular formula is C16H21F5O2. The van der Waals surface area contributed by atoms with Crippen molar-refractivity contribution in [3.05, 3.63) is 29.8 Å². The quantitative estimate of drug-likeness (QED) is 0.458. The van der Waals surface area contributed by atoms with Crippen molar-refractivity contribution in [2.24, 2.45) is 0 Å². The van der Waals surface area contributed by atoms with Crippen LogP contribution >= 0.6 is 0 Å². The van der Waals surface area contributed by atoms with Gasteiger partial charge in [-0.15, -0.1) is 0 Å². The van der Waals surface area contributed by atoms with E-state index < -0.39 is 31.4 Å². The lowest BCUT2D eigenvalue weighted by Gasteiger charge is -2.21. The molecule has 0 heterocycles. The number of ether oxygens (including phenoxy) is 2. The summed E-state index contributed by atoms with van der Waals surface area (Å²) in [7, 11) is 0. The van der Waals surface area contributed by atoms with E-state index in [0.717, 1.165) is 12.0 Å². The van der Waals surface area contributed by atoms with Gasteiger partial charge in [0.2, 0.25) is 0 Å². The molecule has 0 aromatic heterocycles. The molecule has 1 aromatic rings. The maximum atomic E-state index is 13.1. The predicted molar refractivity (Wildman–Crippen MR) is 76.8 cm³/mol. The maximum Gasteiger partial charge on any atom is 0.394 e. The molecule has 7 heteroatoms. The second-order valence-corrected chi connectivity index (χ2v) is 5.52. The molecule has 132 valence electrons. The van der Waals surface area contributed by atoms with Gasteiger partial charge in [-0.1, -0.05) is 26.0 Å². The number of hydrogen-bond acceptors (Lipinski definition) is 2. The number of rotatable bonds is 8. The molecule has 2 nitrogen and oxygen atoms in total. The minimum Gasteiger partial charge on any atom is -0.465 e. The smallest absolute Gasteiger partial charge is 0.394 e. The Morgan fingerprint density at radius 1 is 1.00 bits per heavy atom. The molecule has 23 heavy (non-hydrogen) atoms. The number of alkyl halides is 5. The Hall–Kier alpha value is -1.37. The van der Waals surface area contributed by atoms with E-state index >= 15 is 0 Å². The number of halogens is 5. The van der Waals surface area contributed by atoms with Crippen LogP contribution in [-0.4, -0.2) is 25.0 Å². The third-order valence-electron chi connectivity index (χ3n) is 3.35. The molecule has 0 fully saturated rings. The average Bonchev–Trinajstić information content (AvgIpc) is 2.43. The largest absolute Gasteiger partial charge is 0.465 e. The zero-order valence-electron chi connectivity index (χ0n) is 13.3. The van der Waals surface area contributed by atoms with Crippen LogP contribution in [0.2, 0.25) is 0 Å². The van der Waals surface area contributed by atoms with Gasteiger partial charge in [-0.05, 0) is 37.0 Å². The van der Waals surface area contributed by atoms with Gasteiger partial charge in [0, 0.05) is 0 Å². The Morgan fingerprint density at radius 3 is 2.04 bits per heavy atom. The second kappa shape index (κ2) is 7.95. The zero-order valence-corrected chi connectivity index (χ0v) is 13.3. The van der Waals surface area contributed by atoms with Crippen LogP contribution in [0.15, 0.2) is 24.3 Å². The molecule has 0 aliphatic carbocycles. The third kappa shape index (κ3) is 7.63. The Labute approximate surface area is 132 Å². The van der Waals surface area contributed by atoms with E-state index in [0.29, 0.717) is 11.7 Å². The summed E-state index contributed by atoms with van der Waals surface area (Å²) in [6.45, 7) is 4.14. The maximum absolute atomic E-state index is 13.1. The van der Waals surface area contributed by atoms with Gasteiger partial charge in [-0.3, -0.25) is 0 Å². The summed E-state index contributed by atoms with van der Waals surface area (Å²) in [6, 6.07) is 7.06. The van der Waals surface area contributed by atoms with Crippen LogP contribution in [0.4, 0.5) is 22.0 Å². The van der Waals surface area contributed by atoms with Crippen LogP contribution in [0, 0.1) is 0 Å². The van der Waals surface area contributed by atoms with Gasteiger partial charge in [0.1, 0.15) is 18.8 Å². The standard InChI is InChI=1S/C16H21F5O2/c1-4-11(2)13-5-7-14(8-6-13)23-12(3)22-10-15(17,18)9-16(19,20)21/h5-8,11-12H,4,9-10H2,1-3H3. The van der Waals surface area contributed by atoms with Crippen molar-refractivity contribution >= 4 is 0 Å². The average molecular weight is 340 g/mol. The Balaban J connectivity index is 2.49. The Bertz CT molecular complexity index is 470. The van der Waals surface area contributed by atoms with Gasteiger partial charge in [0.25, 0.3) is 5.92 Å². The normalized spacial score (nSPS) is 15.3. The minimum absolute atomic E-state index is 0.388. The summed E-state index contributed by atoms with van der Waals surface area (Å²) in [6.07, 6.45) is -7.25. The molecule has 0 radical (unpaired) electrons. The molecule has 1 aromatic carbocycles. The molecular weight excluding hydrogens is 319 g/mol. The molecule has 0 bridgehead atoms. The molecule has 0 spiro atoms. The fourth-order valence-corrected chi connectivity index (χ4v) is 1.92. The van der Waals surface area contributed by atoms with Crippen LogP contribution in [0.3, 0.4) is 0 Å². The predicted octanol–water partition coefficient (Wildman–Crippen LogP) is 5.53.